The molecule has 0 heterocycles. The number of hydrogen-bond donors (Lipinski definition) is 2. The van der Waals surface area contributed by atoms with Crippen molar-refractivity contribution in [1.29, 1.82) is 0 Å². The second-order valence-corrected chi connectivity index (χ2v) is 6.65. The molecular weight excluding hydrogens is 372 g/mol. The van der Waals surface area contributed by atoms with Gasteiger partial charge in [-0.25, -0.2) is 0 Å². The summed E-state index contributed by atoms with van der Waals surface area (Å²) < 4.78 is 10.8. The summed E-state index contributed by atoms with van der Waals surface area (Å²) in [6.45, 7) is 5.30. The fraction of sp³-hybridized carbons (Fsp3) is 0.318. The van der Waals surface area contributed by atoms with Gasteiger partial charge in [0.1, 0.15) is 5.75 Å². The van der Waals surface area contributed by atoms with Gasteiger partial charge in [-0.2, -0.15) is 0 Å². The Bertz CT molecular complexity index is 849. The zero-order valence-corrected chi connectivity index (χ0v) is 16.9. The minimum atomic E-state index is -0.921. The largest absolute Gasteiger partial charge is 0.494 e. The van der Waals surface area contributed by atoms with Crippen LogP contribution in [0.2, 0.25) is 0 Å². The monoisotopic (exact) mass is 398 g/mol. The van der Waals surface area contributed by atoms with E-state index >= 15 is 0 Å². The maximum atomic E-state index is 12.2. The smallest absolute Gasteiger partial charge is 0.306 e. The molecule has 29 heavy (non-hydrogen) atoms. The molecule has 154 valence electrons. The molecule has 0 aliphatic heterocycles. The summed E-state index contributed by atoms with van der Waals surface area (Å²) in [5.41, 5.74) is 2.27. The molecule has 2 amide bonds. The lowest BCUT2D eigenvalue weighted by molar-refractivity contribution is -0.153. The highest BCUT2D eigenvalue weighted by Crippen LogP contribution is 2.15. The predicted molar refractivity (Wildman–Crippen MR) is 111 cm³/mol. The molecule has 0 fully saturated rings. The second kappa shape index (κ2) is 10.8. The molecule has 0 saturated heterocycles. The maximum Gasteiger partial charge on any atom is 0.306 e. The van der Waals surface area contributed by atoms with Crippen LogP contribution >= 0.6 is 0 Å². The molecule has 2 rings (SSSR count). The molecule has 0 aliphatic carbocycles. The van der Waals surface area contributed by atoms with Crippen molar-refractivity contribution in [1.82, 2.24) is 0 Å². The number of nitrogens with one attached hydrogen (secondary N) is 2. The third kappa shape index (κ3) is 8.04. The number of amides is 2. The Morgan fingerprint density at radius 2 is 1.66 bits per heavy atom. The average Bonchev–Trinajstić information content (AvgIpc) is 2.66. The highest BCUT2D eigenvalue weighted by Gasteiger charge is 2.17. The van der Waals surface area contributed by atoms with Crippen LogP contribution in [0.15, 0.2) is 48.5 Å². The summed E-state index contributed by atoms with van der Waals surface area (Å²) in [5, 5.41) is 5.31. The normalized spacial score (nSPS) is 11.3. The maximum absolute atomic E-state index is 12.2. The molecule has 0 unspecified atom stereocenters. The molecule has 0 spiro atoms. The van der Waals surface area contributed by atoms with Gasteiger partial charge >= 0.3 is 5.97 Å². The fourth-order valence-electron chi connectivity index (χ4n) is 2.51. The van der Waals surface area contributed by atoms with E-state index in [4.69, 9.17) is 9.47 Å². The van der Waals surface area contributed by atoms with Crippen molar-refractivity contribution in [3.8, 4) is 5.75 Å². The molecule has 0 bridgehead atoms. The standard InChI is InChI=1S/C22H26N2O5/c1-15-6-4-7-20(14-15)28-13-5-8-21(26)29-16(2)22(27)24-19-11-9-18(10-12-19)23-17(3)25/h4,6-7,9-12,14,16H,5,8,13H2,1-3H3,(H,23,25)(H,24,27)/t16-/m0/s1. The summed E-state index contributed by atoms with van der Waals surface area (Å²) in [4.78, 5) is 35.1. The second-order valence-electron chi connectivity index (χ2n) is 6.65. The average molecular weight is 398 g/mol. The summed E-state index contributed by atoms with van der Waals surface area (Å²) in [6.07, 6.45) is -0.268. The van der Waals surface area contributed by atoms with Gasteiger partial charge < -0.3 is 20.1 Å². The van der Waals surface area contributed by atoms with E-state index in [1.807, 2.05) is 31.2 Å². The summed E-state index contributed by atoms with van der Waals surface area (Å²) in [7, 11) is 0. The van der Waals surface area contributed by atoms with Crippen molar-refractivity contribution >= 4 is 29.2 Å². The Morgan fingerprint density at radius 1 is 1.00 bits per heavy atom. The van der Waals surface area contributed by atoms with Gasteiger partial charge in [-0.05, 0) is 62.2 Å². The predicted octanol–water partition coefficient (Wildman–Crippen LogP) is 3.68. The number of esters is 1. The number of carbonyl (C=O) groups excluding carboxylic acids is 3. The zero-order valence-electron chi connectivity index (χ0n) is 16.9. The Labute approximate surface area is 170 Å². The van der Waals surface area contributed by atoms with E-state index in [9.17, 15) is 14.4 Å². The molecule has 2 aromatic rings. The van der Waals surface area contributed by atoms with E-state index < -0.39 is 18.0 Å². The lowest BCUT2D eigenvalue weighted by atomic mass is 10.2. The Morgan fingerprint density at radius 3 is 2.28 bits per heavy atom. The van der Waals surface area contributed by atoms with Crippen LogP contribution in [-0.2, 0) is 19.1 Å². The van der Waals surface area contributed by atoms with Crippen LogP contribution in [0.4, 0.5) is 11.4 Å². The zero-order chi connectivity index (χ0) is 21.2. The van der Waals surface area contributed by atoms with Gasteiger partial charge in [-0.1, -0.05) is 12.1 Å². The summed E-state index contributed by atoms with van der Waals surface area (Å²) in [5.74, 6) is -0.301. The first kappa shape index (κ1) is 21.9. The topological polar surface area (TPSA) is 93.7 Å². The number of benzene rings is 2. The molecule has 1 atom stereocenters. The van der Waals surface area contributed by atoms with Crippen molar-refractivity contribution in [2.75, 3.05) is 17.2 Å². The summed E-state index contributed by atoms with van der Waals surface area (Å²) in [6, 6.07) is 14.3. The molecule has 0 radical (unpaired) electrons. The van der Waals surface area contributed by atoms with Gasteiger partial charge in [0.25, 0.3) is 5.91 Å². The third-order valence-corrected chi connectivity index (χ3v) is 3.93. The van der Waals surface area contributed by atoms with Crippen molar-refractivity contribution in [2.45, 2.75) is 39.7 Å². The van der Waals surface area contributed by atoms with Crippen molar-refractivity contribution in [3.63, 3.8) is 0 Å². The number of rotatable bonds is 9. The molecule has 0 aliphatic rings. The fourth-order valence-corrected chi connectivity index (χ4v) is 2.51. The van der Waals surface area contributed by atoms with E-state index in [0.29, 0.717) is 24.4 Å². The van der Waals surface area contributed by atoms with E-state index in [-0.39, 0.29) is 12.3 Å². The van der Waals surface area contributed by atoms with Crippen LogP contribution in [-0.4, -0.2) is 30.5 Å². The molecule has 7 nitrogen and oxygen atoms in total. The van der Waals surface area contributed by atoms with Crippen LogP contribution in [0.25, 0.3) is 0 Å². The lowest BCUT2D eigenvalue weighted by Gasteiger charge is -2.14. The van der Waals surface area contributed by atoms with Crippen LogP contribution in [0.5, 0.6) is 5.75 Å². The Balaban J connectivity index is 1.69. The first-order valence-corrected chi connectivity index (χ1v) is 9.41. The van der Waals surface area contributed by atoms with Crippen LogP contribution in [0, 0.1) is 6.92 Å². The van der Waals surface area contributed by atoms with Gasteiger partial charge in [-0.15, -0.1) is 0 Å². The van der Waals surface area contributed by atoms with E-state index in [2.05, 4.69) is 10.6 Å². The lowest BCUT2D eigenvalue weighted by Crippen LogP contribution is -2.30. The van der Waals surface area contributed by atoms with Crippen LogP contribution in [0.3, 0.4) is 0 Å². The molecular formula is C22H26N2O5. The number of aryl methyl sites for hydroxylation is 1. The highest BCUT2D eigenvalue weighted by molar-refractivity contribution is 5.95. The van der Waals surface area contributed by atoms with Gasteiger partial charge in [-0.3, -0.25) is 14.4 Å². The minimum absolute atomic E-state index is 0.162. The minimum Gasteiger partial charge on any atom is -0.494 e. The number of ether oxygens (including phenoxy) is 2. The van der Waals surface area contributed by atoms with Gasteiger partial charge in [0.15, 0.2) is 6.10 Å². The molecule has 2 N–H and O–H groups in total. The molecule has 0 saturated carbocycles. The van der Waals surface area contributed by atoms with Crippen LogP contribution < -0.4 is 15.4 Å². The SMILES string of the molecule is CC(=O)Nc1ccc(NC(=O)[C@H](C)OC(=O)CCCOc2cccc(C)c2)cc1. The van der Waals surface area contributed by atoms with E-state index in [1.165, 1.54) is 13.8 Å². The number of anilines is 2. The van der Waals surface area contributed by atoms with Crippen molar-refractivity contribution in [2.24, 2.45) is 0 Å². The Kier molecular flexibility index (Phi) is 8.21. The van der Waals surface area contributed by atoms with Gasteiger partial charge in [0.05, 0.1) is 6.61 Å². The number of carbonyl (C=O) groups is 3. The first-order valence-electron chi connectivity index (χ1n) is 9.41. The van der Waals surface area contributed by atoms with Gasteiger partial charge in [0.2, 0.25) is 5.91 Å². The summed E-state index contributed by atoms with van der Waals surface area (Å²) >= 11 is 0. The van der Waals surface area contributed by atoms with Gasteiger partial charge in [0, 0.05) is 24.7 Å². The van der Waals surface area contributed by atoms with Crippen molar-refractivity contribution < 1.29 is 23.9 Å². The van der Waals surface area contributed by atoms with E-state index in [0.717, 1.165) is 11.3 Å². The molecule has 0 aromatic heterocycles. The van der Waals surface area contributed by atoms with Crippen LogP contribution in [0.1, 0.15) is 32.3 Å². The molecule has 2 aromatic carbocycles. The third-order valence-electron chi connectivity index (χ3n) is 3.93. The Hall–Kier alpha value is -3.35. The first-order chi connectivity index (χ1) is 13.8. The number of hydrogen-bond acceptors (Lipinski definition) is 5. The highest BCUT2D eigenvalue weighted by atomic mass is 16.5. The van der Waals surface area contributed by atoms with Crippen molar-refractivity contribution in [3.05, 3.63) is 54.1 Å². The molecule has 7 heteroatoms. The quantitative estimate of drug-likeness (QED) is 0.496. The van der Waals surface area contributed by atoms with E-state index in [1.54, 1.807) is 24.3 Å².